The molecule has 2 aliphatic rings. The molecule has 1 heterocycles. The minimum Gasteiger partial charge on any atom is -0.312 e. The van der Waals surface area contributed by atoms with E-state index >= 15 is 0 Å². The summed E-state index contributed by atoms with van der Waals surface area (Å²) in [4.78, 5) is 0. The summed E-state index contributed by atoms with van der Waals surface area (Å²) in [6.07, 6.45) is 7.52. The molecule has 80 valence electrons. The minimum absolute atomic E-state index is 1.12. The van der Waals surface area contributed by atoms with Crippen molar-refractivity contribution in [3.05, 3.63) is 22.8 Å². The summed E-state index contributed by atoms with van der Waals surface area (Å²) in [5, 5.41) is 3.45. The van der Waals surface area contributed by atoms with Crippen molar-refractivity contribution in [2.75, 3.05) is 13.1 Å². The fourth-order valence-corrected chi connectivity index (χ4v) is 2.24. The molecule has 1 aliphatic heterocycles. The van der Waals surface area contributed by atoms with Crippen molar-refractivity contribution >= 4 is 0 Å². The van der Waals surface area contributed by atoms with Crippen LogP contribution in [0.25, 0.3) is 0 Å². The van der Waals surface area contributed by atoms with Gasteiger partial charge in [0.25, 0.3) is 0 Å². The molecule has 0 atom stereocenters. The van der Waals surface area contributed by atoms with Crippen molar-refractivity contribution in [3.8, 4) is 0 Å². The zero-order valence-electron chi connectivity index (χ0n) is 9.82. The molecule has 0 spiro atoms. The van der Waals surface area contributed by atoms with Crippen LogP contribution in [0.2, 0.25) is 0 Å². The second-order valence-corrected chi connectivity index (χ2v) is 3.63. The summed E-state index contributed by atoms with van der Waals surface area (Å²) >= 11 is 0. The average Bonchev–Trinajstić information content (AvgIpc) is 2.31. The summed E-state index contributed by atoms with van der Waals surface area (Å²) in [5.41, 5.74) is 4.96. The minimum atomic E-state index is 1.12. The predicted molar refractivity (Wildman–Crippen MR) is 63.5 cm³/mol. The van der Waals surface area contributed by atoms with E-state index in [2.05, 4.69) is 18.3 Å². The largest absolute Gasteiger partial charge is 0.312 e. The monoisotopic (exact) mass is 193 g/mol. The van der Waals surface area contributed by atoms with Gasteiger partial charge in [0.1, 0.15) is 0 Å². The molecule has 1 nitrogen and oxygen atoms in total. The van der Waals surface area contributed by atoms with Gasteiger partial charge >= 0.3 is 0 Å². The molecular formula is C13H23N. The van der Waals surface area contributed by atoms with Crippen molar-refractivity contribution in [3.63, 3.8) is 0 Å². The molecule has 0 bridgehead atoms. The van der Waals surface area contributed by atoms with Crippen LogP contribution in [0.4, 0.5) is 0 Å². The van der Waals surface area contributed by atoms with Crippen LogP contribution in [0.1, 0.15) is 46.5 Å². The molecule has 0 aromatic carbocycles. The second-order valence-electron chi connectivity index (χ2n) is 3.63. The number of allylic oxidation sites excluding steroid dienone is 2. The Bertz CT molecular complexity index is 236. The topological polar surface area (TPSA) is 12.0 Å². The Morgan fingerprint density at radius 2 is 2.07 bits per heavy atom. The van der Waals surface area contributed by atoms with Gasteiger partial charge in [-0.3, -0.25) is 0 Å². The van der Waals surface area contributed by atoms with Crippen LogP contribution in [0, 0.1) is 0 Å². The van der Waals surface area contributed by atoms with Gasteiger partial charge < -0.3 is 5.32 Å². The first-order valence-electron chi connectivity index (χ1n) is 6.03. The van der Waals surface area contributed by atoms with Crippen LogP contribution in [-0.2, 0) is 0 Å². The predicted octanol–water partition coefficient (Wildman–Crippen LogP) is 3.43. The molecule has 1 heteroatoms. The third kappa shape index (κ3) is 2.48. The second kappa shape index (κ2) is 6.02. The Balaban J connectivity index is 0.000000461. The van der Waals surface area contributed by atoms with Gasteiger partial charge in [-0.15, -0.1) is 0 Å². The van der Waals surface area contributed by atoms with Gasteiger partial charge in [0, 0.05) is 6.54 Å². The van der Waals surface area contributed by atoms with Crippen molar-refractivity contribution < 1.29 is 0 Å². The van der Waals surface area contributed by atoms with E-state index in [1.165, 1.54) is 32.2 Å². The smallest absolute Gasteiger partial charge is 0.0207 e. The summed E-state index contributed by atoms with van der Waals surface area (Å²) < 4.78 is 0. The van der Waals surface area contributed by atoms with Gasteiger partial charge in [-0.2, -0.15) is 0 Å². The van der Waals surface area contributed by atoms with E-state index in [9.17, 15) is 0 Å². The van der Waals surface area contributed by atoms with Crippen molar-refractivity contribution in [2.24, 2.45) is 0 Å². The lowest BCUT2D eigenvalue weighted by Gasteiger charge is -2.26. The van der Waals surface area contributed by atoms with Crippen LogP contribution in [0.15, 0.2) is 22.8 Å². The van der Waals surface area contributed by atoms with Crippen LogP contribution >= 0.6 is 0 Å². The quantitative estimate of drug-likeness (QED) is 0.672. The molecule has 14 heavy (non-hydrogen) atoms. The van der Waals surface area contributed by atoms with E-state index in [1.807, 2.05) is 13.8 Å². The summed E-state index contributed by atoms with van der Waals surface area (Å²) in [7, 11) is 0. The number of fused-ring (bicyclic) bond motifs is 1. The zero-order chi connectivity index (χ0) is 10.4. The lowest BCUT2D eigenvalue weighted by molar-refractivity contribution is 0.655. The van der Waals surface area contributed by atoms with Gasteiger partial charge in [-0.05, 0) is 43.4 Å². The summed E-state index contributed by atoms with van der Waals surface area (Å²) in [5.74, 6) is 0. The van der Waals surface area contributed by atoms with Gasteiger partial charge in [-0.1, -0.05) is 32.4 Å². The third-order valence-corrected chi connectivity index (χ3v) is 2.95. The highest BCUT2D eigenvalue weighted by molar-refractivity contribution is 5.41. The van der Waals surface area contributed by atoms with Crippen molar-refractivity contribution in [1.29, 1.82) is 0 Å². The molecular weight excluding hydrogens is 170 g/mol. The van der Waals surface area contributed by atoms with E-state index in [0.29, 0.717) is 0 Å². The van der Waals surface area contributed by atoms with Gasteiger partial charge in [0.2, 0.25) is 0 Å². The fraction of sp³-hybridized carbons (Fsp3) is 0.692. The van der Waals surface area contributed by atoms with Crippen molar-refractivity contribution in [2.45, 2.75) is 46.5 Å². The SMILES string of the molecule is CC.CCC1=C2CNCCC2=CCC1. The van der Waals surface area contributed by atoms with Crippen molar-refractivity contribution in [1.82, 2.24) is 5.32 Å². The first-order valence-corrected chi connectivity index (χ1v) is 6.03. The molecule has 1 aliphatic carbocycles. The van der Waals surface area contributed by atoms with Gasteiger partial charge in [-0.25, -0.2) is 0 Å². The molecule has 0 unspecified atom stereocenters. The van der Waals surface area contributed by atoms with E-state index in [0.717, 1.165) is 6.54 Å². The maximum atomic E-state index is 3.45. The molecule has 0 saturated carbocycles. The highest BCUT2D eigenvalue weighted by Gasteiger charge is 2.17. The molecule has 1 fully saturated rings. The Hall–Kier alpha value is -0.560. The molecule has 0 aromatic rings. The van der Waals surface area contributed by atoms with E-state index in [4.69, 9.17) is 0 Å². The number of piperidine rings is 1. The zero-order valence-corrected chi connectivity index (χ0v) is 9.82. The third-order valence-electron chi connectivity index (χ3n) is 2.95. The number of hydrogen-bond donors (Lipinski definition) is 1. The van der Waals surface area contributed by atoms with Crippen LogP contribution in [0.3, 0.4) is 0 Å². The standard InChI is InChI=1S/C11H17N.C2H6/c1-2-9-4-3-5-10-6-7-12-8-11(9)10;1-2/h5,12H,2-4,6-8H2,1H3;1-2H3. The van der Waals surface area contributed by atoms with E-state index in [1.54, 1.807) is 16.7 Å². The fourth-order valence-electron chi connectivity index (χ4n) is 2.24. The Kier molecular flexibility index (Phi) is 4.95. The first kappa shape index (κ1) is 11.5. The summed E-state index contributed by atoms with van der Waals surface area (Å²) in [6.45, 7) is 8.57. The Morgan fingerprint density at radius 3 is 2.79 bits per heavy atom. The molecule has 2 rings (SSSR count). The van der Waals surface area contributed by atoms with E-state index in [-0.39, 0.29) is 0 Å². The van der Waals surface area contributed by atoms with Gasteiger partial charge in [0.05, 0.1) is 0 Å². The molecule has 0 amide bonds. The first-order chi connectivity index (χ1) is 6.92. The van der Waals surface area contributed by atoms with Crippen LogP contribution in [-0.4, -0.2) is 13.1 Å². The lowest BCUT2D eigenvalue weighted by Crippen LogP contribution is -2.27. The maximum Gasteiger partial charge on any atom is 0.0207 e. The molecule has 0 radical (unpaired) electrons. The Labute approximate surface area is 88.3 Å². The highest BCUT2D eigenvalue weighted by Crippen LogP contribution is 2.30. The molecule has 1 saturated heterocycles. The van der Waals surface area contributed by atoms with Crippen LogP contribution < -0.4 is 5.32 Å². The molecule has 1 N–H and O–H groups in total. The molecule has 0 aromatic heterocycles. The highest BCUT2D eigenvalue weighted by atomic mass is 14.9. The number of nitrogens with one attached hydrogen (secondary N) is 1. The Morgan fingerprint density at radius 1 is 1.29 bits per heavy atom. The lowest BCUT2D eigenvalue weighted by atomic mass is 9.86. The number of rotatable bonds is 1. The summed E-state index contributed by atoms with van der Waals surface area (Å²) in [6, 6.07) is 0. The number of hydrogen-bond acceptors (Lipinski definition) is 1. The maximum absolute atomic E-state index is 3.45. The van der Waals surface area contributed by atoms with Crippen LogP contribution in [0.5, 0.6) is 0 Å². The average molecular weight is 193 g/mol. The van der Waals surface area contributed by atoms with E-state index < -0.39 is 0 Å². The van der Waals surface area contributed by atoms with Gasteiger partial charge in [0.15, 0.2) is 0 Å². The normalized spacial score (nSPS) is 20.6.